The molecule has 0 radical (unpaired) electrons. The molecular formula is C13H16O3. The fourth-order valence-electron chi connectivity index (χ4n) is 1.41. The standard InChI is InChI=1S/C13H16O3/c1-3-4-5-9-16-12-8-6-7-11(10(12)2)13(14)15/h3,6-8H,1,4-5,9H2,2H3,(H,14,15). The summed E-state index contributed by atoms with van der Waals surface area (Å²) in [7, 11) is 0. The minimum atomic E-state index is -0.922. The van der Waals surface area contributed by atoms with Crippen LogP contribution in [0, 0.1) is 6.92 Å². The highest BCUT2D eigenvalue weighted by Gasteiger charge is 2.10. The molecule has 0 amide bonds. The lowest BCUT2D eigenvalue weighted by Crippen LogP contribution is -2.03. The lowest BCUT2D eigenvalue weighted by Gasteiger charge is -2.10. The first-order valence-corrected chi connectivity index (χ1v) is 5.23. The number of rotatable bonds is 6. The van der Waals surface area contributed by atoms with E-state index in [0.29, 0.717) is 23.5 Å². The van der Waals surface area contributed by atoms with Gasteiger partial charge in [0, 0.05) is 5.56 Å². The van der Waals surface area contributed by atoms with Crippen LogP contribution < -0.4 is 4.74 Å². The molecule has 0 aromatic heterocycles. The first-order chi connectivity index (χ1) is 7.66. The van der Waals surface area contributed by atoms with Crippen molar-refractivity contribution in [2.24, 2.45) is 0 Å². The van der Waals surface area contributed by atoms with Crippen LogP contribution >= 0.6 is 0 Å². The van der Waals surface area contributed by atoms with Crippen molar-refractivity contribution >= 4 is 5.97 Å². The normalized spacial score (nSPS) is 9.81. The molecule has 1 N–H and O–H groups in total. The fraction of sp³-hybridized carbons (Fsp3) is 0.308. The number of carboxylic acid groups (broad SMARTS) is 1. The molecule has 86 valence electrons. The molecule has 0 saturated carbocycles. The third-order valence-electron chi connectivity index (χ3n) is 2.32. The third kappa shape index (κ3) is 3.12. The van der Waals surface area contributed by atoms with Crippen LogP contribution in [0.25, 0.3) is 0 Å². The summed E-state index contributed by atoms with van der Waals surface area (Å²) in [6.07, 6.45) is 3.63. The number of allylic oxidation sites excluding steroid dienone is 1. The topological polar surface area (TPSA) is 46.5 Å². The van der Waals surface area contributed by atoms with Gasteiger partial charge in [0.05, 0.1) is 12.2 Å². The zero-order valence-corrected chi connectivity index (χ0v) is 9.40. The van der Waals surface area contributed by atoms with Crippen molar-refractivity contribution < 1.29 is 14.6 Å². The van der Waals surface area contributed by atoms with Gasteiger partial charge in [0.25, 0.3) is 0 Å². The smallest absolute Gasteiger partial charge is 0.336 e. The average Bonchev–Trinajstić information content (AvgIpc) is 2.26. The molecule has 0 heterocycles. The molecular weight excluding hydrogens is 204 g/mol. The van der Waals surface area contributed by atoms with E-state index in [1.807, 2.05) is 6.08 Å². The zero-order valence-electron chi connectivity index (χ0n) is 9.40. The molecule has 0 bridgehead atoms. The number of hydrogen-bond acceptors (Lipinski definition) is 2. The van der Waals surface area contributed by atoms with Crippen molar-refractivity contribution in [1.29, 1.82) is 0 Å². The van der Waals surface area contributed by atoms with Crippen molar-refractivity contribution in [1.82, 2.24) is 0 Å². The largest absolute Gasteiger partial charge is 0.493 e. The van der Waals surface area contributed by atoms with Crippen LogP contribution in [0.3, 0.4) is 0 Å². The summed E-state index contributed by atoms with van der Waals surface area (Å²) < 4.78 is 5.52. The van der Waals surface area contributed by atoms with Crippen LogP contribution in [0.4, 0.5) is 0 Å². The highest BCUT2D eigenvalue weighted by molar-refractivity contribution is 5.90. The van der Waals surface area contributed by atoms with Gasteiger partial charge in [-0.05, 0) is 31.9 Å². The van der Waals surface area contributed by atoms with E-state index in [0.717, 1.165) is 12.8 Å². The predicted molar refractivity (Wildman–Crippen MR) is 63.1 cm³/mol. The summed E-state index contributed by atoms with van der Waals surface area (Å²) in [5.41, 5.74) is 0.967. The number of hydrogen-bond donors (Lipinski definition) is 1. The second-order valence-corrected chi connectivity index (χ2v) is 3.51. The average molecular weight is 220 g/mol. The van der Waals surface area contributed by atoms with E-state index in [1.165, 1.54) is 0 Å². The number of aromatic carboxylic acids is 1. The van der Waals surface area contributed by atoms with Crippen molar-refractivity contribution in [3.63, 3.8) is 0 Å². The Bertz CT molecular complexity index is 383. The van der Waals surface area contributed by atoms with Gasteiger partial charge < -0.3 is 9.84 Å². The molecule has 0 saturated heterocycles. The van der Waals surface area contributed by atoms with Gasteiger partial charge >= 0.3 is 5.97 Å². The highest BCUT2D eigenvalue weighted by atomic mass is 16.5. The number of unbranched alkanes of at least 4 members (excludes halogenated alkanes) is 1. The molecule has 3 heteroatoms. The number of benzene rings is 1. The van der Waals surface area contributed by atoms with Crippen molar-refractivity contribution in [2.75, 3.05) is 6.61 Å². The lowest BCUT2D eigenvalue weighted by atomic mass is 10.1. The minimum absolute atomic E-state index is 0.293. The Kier molecular flexibility index (Phi) is 4.58. The van der Waals surface area contributed by atoms with Crippen molar-refractivity contribution in [3.05, 3.63) is 42.0 Å². The van der Waals surface area contributed by atoms with E-state index >= 15 is 0 Å². The molecule has 0 aliphatic heterocycles. The summed E-state index contributed by atoms with van der Waals surface area (Å²) >= 11 is 0. The maximum absolute atomic E-state index is 10.9. The molecule has 0 spiro atoms. The van der Waals surface area contributed by atoms with Crippen LogP contribution in [0.5, 0.6) is 5.75 Å². The molecule has 1 rings (SSSR count). The van der Waals surface area contributed by atoms with E-state index in [2.05, 4.69) is 6.58 Å². The molecule has 16 heavy (non-hydrogen) atoms. The Labute approximate surface area is 95.4 Å². The van der Waals surface area contributed by atoms with Gasteiger partial charge in [-0.2, -0.15) is 0 Å². The maximum atomic E-state index is 10.9. The van der Waals surface area contributed by atoms with Crippen LogP contribution in [0.1, 0.15) is 28.8 Å². The van der Waals surface area contributed by atoms with E-state index in [9.17, 15) is 4.79 Å². The zero-order chi connectivity index (χ0) is 12.0. The Morgan fingerprint density at radius 3 is 2.94 bits per heavy atom. The minimum Gasteiger partial charge on any atom is -0.493 e. The molecule has 0 aliphatic rings. The van der Waals surface area contributed by atoms with Gasteiger partial charge in [-0.3, -0.25) is 0 Å². The molecule has 0 atom stereocenters. The van der Waals surface area contributed by atoms with Gasteiger partial charge in [-0.25, -0.2) is 4.79 Å². The SMILES string of the molecule is C=CCCCOc1cccc(C(=O)O)c1C. The summed E-state index contributed by atoms with van der Waals surface area (Å²) in [6, 6.07) is 5.06. The molecule has 0 aliphatic carbocycles. The Morgan fingerprint density at radius 1 is 1.56 bits per heavy atom. The molecule has 1 aromatic carbocycles. The van der Waals surface area contributed by atoms with E-state index in [-0.39, 0.29) is 0 Å². The van der Waals surface area contributed by atoms with Gasteiger partial charge in [0.1, 0.15) is 5.75 Å². The summed E-state index contributed by atoms with van der Waals surface area (Å²) in [5, 5.41) is 8.93. The lowest BCUT2D eigenvalue weighted by molar-refractivity contribution is 0.0695. The van der Waals surface area contributed by atoms with E-state index in [1.54, 1.807) is 25.1 Å². The van der Waals surface area contributed by atoms with Crippen LogP contribution in [-0.4, -0.2) is 17.7 Å². The van der Waals surface area contributed by atoms with Crippen molar-refractivity contribution in [3.8, 4) is 5.75 Å². The fourth-order valence-corrected chi connectivity index (χ4v) is 1.41. The molecule has 1 aromatic rings. The third-order valence-corrected chi connectivity index (χ3v) is 2.32. The molecule has 3 nitrogen and oxygen atoms in total. The predicted octanol–water partition coefficient (Wildman–Crippen LogP) is 3.04. The second-order valence-electron chi connectivity index (χ2n) is 3.51. The first-order valence-electron chi connectivity index (χ1n) is 5.23. The summed E-state index contributed by atoms with van der Waals surface area (Å²) in [6.45, 7) is 5.96. The van der Waals surface area contributed by atoms with Gasteiger partial charge in [-0.1, -0.05) is 12.1 Å². The van der Waals surface area contributed by atoms with E-state index in [4.69, 9.17) is 9.84 Å². The van der Waals surface area contributed by atoms with E-state index < -0.39 is 5.97 Å². The highest BCUT2D eigenvalue weighted by Crippen LogP contribution is 2.21. The number of ether oxygens (including phenoxy) is 1. The number of carbonyl (C=O) groups is 1. The Balaban J connectivity index is 2.69. The van der Waals surface area contributed by atoms with Gasteiger partial charge in [0.15, 0.2) is 0 Å². The monoisotopic (exact) mass is 220 g/mol. The van der Waals surface area contributed by atoms with Crippen LogP contribution in [0.2, 0.25) is 0 Å². The molecule has 0 unspecified atom stereocenters. The Hall–Kier alpha value is -1.77. The maximum Gasteiger partial charge on any atom is 0.336 e. The van der Waals surface area contributed by atoms with Gasteiger partial charge in [0.2, 0.25) is 0 Å². The molecule has 0 fully saturated rings. The Morgan fingerprint density at radius 2 is 2.31 bits per heavy atom. The quantitative estimate of drug-likeness (QED) is 0.592. The summed E-state index contributed by atoms with van der Waals surface area (Å²) in [4.78, 5) is 10.9. The second kappa shape index (κ2) is 5.95. The van der Waals surface area contributed by atoms with Crippen LogP contribution in [0.15, 0.2) is 30.9 Å². The van der Waals surface area contributed by atoms with Gasteiger partial charge in [-0.15, -0.1) is 6.58 Å². The summed E-state index contributed by atoms with van der Waals surface area (Å²) in [5.74, 6) is -0.280. The van der Waals surface area contributed by atoms with Crippen LogP contribution in [-0.2, 0) is 0 Å². The first kappa shape index (κ1) is 12.3. The van der Waals surface area contributed by atoms with Crippen molar-refractivity contribution in [2.45, 2.75) is 19.8 Å². The number of carboxylic acids is 1.